The van der Waals surface area contributed by atoms with Crippen molar-refractivity contribution in [1.29, 1.82) is 0 Å². The fraction of sp³-hybridized carbons (Fsp3) is 0.591. The molecule has 2 aliphatic heterocycles. The summed E-state index contributed by atoms with van der Waals surface area (Å²) in [4.78, 5) is 22.3. The van der Waals surface area contributed by atoms with Crippen LogP contribution in [-0.2, 0) is 4.74 Å². The van der Waals surface area contributed by atoms with Crippen molar-refractivity contribution in [1.82, 2.24) is 19.1 Å². The van der Waals surface area contributed by atoms with Crippen molar-refractivity contribution in [2.45, 2.75) is 6.42 Å². The fourth-order valence-corrected chi connectivity index (χ4v) is 4.32. The maximum atomic E-state index is 13.1. The Morgan fingerprint density at radius 3 is 2.55 bits per heavy atom. The van der Waals surface area contributed by atoms with E-state index in [0.29, 0.717) is 0 Å². The summed E-state index contributed by atoms with van der Waals surface area (Å²) in [5.41, 5.74) is 1.91. The number of nitrogens with zero attached hydrogens (tertiary/aromatic N) is 5. The number of pyridine rings is 1. The lowest BCUT2D eigenvalue weighted by Crippen LogP contribution is -2.47. The molecule has 0 N–H and O–H groups in total. The van der Waals surface area contributed by atoms with E-state index in [2.05, 4.69) is 44.3 Å². The summed E-state index contributed by atoms with van der Waals surface area (Å²) < 4.78 is 7.39. The molecule has 2 fully saturated rings. The number of piperazine rings is 1. The van der Waals surface area contributed by atoms with Crippen LogP contribution in [0, 0.1) is 0 Å². The smallest absolute Gasteiger partial charge is 0.255 e. The number of amides is 1. The molecular weight excluding hydrogens is 366 g/mol. The first-order valence-corrected chi connectivity index (χ1v) is 10.7. The highest BCUT2D eigenvalue weighted by Gasteiger charge is 2.22. The zero-order valence-electron chi connectivity index (χ0n) is 17.7. The van der Waals surface area contributed by atoms with E-state index in [1.807, 2.05) is 17.2 Å². The van der Waals surface area contributed by atoms with Gasteiger partial charge in [-0.15, -0.1) is 0 Å². The molecule has 4 heterocycles. The predicted octanol–water partition coefficient (Wildman–Crippen LogP) is 1.49. The molecule has 4 rings (SSSR count). The number of fused-ring (bicyclic) bond motifs is 1. The van der Waals surface area contributed by atoms with Crippen molar-refractivity contribution < 1.29 is 9.53 Å². The minimum atomic E-state index is 0.145. The number of methoxy groups -OCH3 is 1. The van der Waals surface area contributed by atoms with Crippen LogP contribution in [0.25, 0.3) is 5.52 Å². The molecule has 7 nitrogen and oxygen atoms in total. The Kier molecular flexibility index (Phi) is 6.37. The van der Waals surface area contributed by atoms with Gasteiger partial charge in [0, 0.05) is 71.2 Å². The molecule has 158 valence electrons. The number of hydrogen-bond donors (Lipinski definition) is 0. The molecule has 7 heteroatoms. The molecule has 2 aromatic heterocycles. The number of likely N-dealkylation sites (N-methyl/N-ethyl adjacent to an activating group) is 1. The minimum absolute atomic E-state index is 0.145. The highest BCUT2D eigenvalue weighted by molar-refractivity contribution is 5.94. The molecule has 0 bridgehead atoms. The maximum Gasteiger partial charge on any atom is 0.255 e. The van der Waals surface area contributed by atoms with Crippen LogP contribution in [0.15, 0.2) is 30.5 Å². The van der Waals surface area contributed by atoms with E-state index in [1.165, 1.54) is 5.82 Å². The molecule has 29 heavy (non-hydrogen) atoms. The summed E-state index contributed by atoms with van der Waals surface area (Å²) in [6.07, 6.45) is 3.06. The summed E-state index contributed by atoms with van der Waals surface area (Å²) in [6.45, 7) is 9.47. The molecule has 0 atom stereocenters. The Labute approximate surface area is 173 Å². The van der Waals surface area contributed by atoms with Gasteiger partial charge in [-0.25, -0.2) is 0 Å². The Hall–Kier alpha value is -2.09. The number of carbonyl (C=O) groups is 1. The predicted molar refractivity (Wildman–Crippen MR) is 116 cm³/mol. The Morgan fingerprint density at radius 2 is 1.76 bits per heavy atom. The average Bonchev–Trinajstić information content (AvgIpc) is 3.05. The molecule has 0 saturated carbocycles. The summed E-state index contributed by atoms with van der Waals surface area (Å²) in [7, 11) is 3.88. The average molecular weight is 400 g/mol. The van der Waals surface area contributed by atoms with Crippen molar-refractivity contribution >= 4 is 17.2 Å². The summed E-state index contributed by atoms with van der Waals surface area (Å²) >= 11 is 0. The van der Waals surface area contributed by atoms with Gasteiger partial charge < -0.3 is 23.8 Å². The fourth-order valence-electron chi connectivity index (χ4n) is 4.32. The number of ether oxygens (including phenoxy) is 1. The van der Waals surface area contributed by atoms with Gasteiger partial charge in [-0.1, -0.05) is 0 Å². The van der Waals surface area contributed by atoms with Gasteiger partial charge in [-0.3, -0.25) is 9.69 Å². The normalized spacial score (nSPS) is 19.7. The lowest BCUT2D eigenvalue weighted by atomic mass is 10.2. The molecule has 0 aromatic carbocycles. The van der Waals surface area contributed by atoms with Gasteiger partial charge in [0.05, 0.1) is 12.2 Å². The van der Waals surface area contributed by atoms with E-state index in [-0.39, 0.29) is 5.91 Å². The van der Waals surface area contributed by atoms with Crippen LogP contribution in [0.3, 0.4) is 0 Å². The van der Waals surface area contributed by atoms with Crippen LogP contribution < -0.4 is 4.90 Å². The largest absolute Gasteiger partial charge is 0.383 e. The molecular formula is C22H33N5O2. The number of aromatic nitrogens is 1. The monoisotopic (exact) mass is 399 g/mol. The minimum Gasteiger partial charge on any atom is -0.383 e. The number of rotatable bonds is 5. The second kappa shape index (κ2) is 9.15. The van der Waals surface area contributed by atoms with Crippen molar-refractivity contribution in [3.63, 3.8) is 0 Å². The van der Waals surface area contributed by atoms with Gasteiger partial charge in [-0.2, -0.15) is 0 Å². The van der Waals surface area contributed by atoms with E-state index in [1.54, 1.807) is 7.11 Å². The second-order valence-electron chi connectivity index (χ2n) is 8.17. The molecule has 0 unspecified atom stereocenters. The van der Waals surface area contributed by atoms with Crippen LogP contribution in [0.5, 0.6) is 0 Å². The zero-order valence-corrected chi connectivity index (χ0v) is 17.7. The van der Waals surface area contributed by atoms with E-state index < -0.39 is 0 Å². The first kappa shape index (κ1) is 20.2. The number of anilines is 1. The van der Waals surface area contributed by atoms with E-state index in [4.69, 9.17) is 4.74 Å². The molecule has 0 aliphatic carbocycles. The van der Waals surface area contributed by atoms with Crippen LogP contribution in [0.4, 0.5) is 5.82 Å². The van der Waals surface area contributed by atoms with E-state index >= 15 is 0 Å². The second-order valence-corrected chi connectivity index (χ2v) is 8.17. The topological polar surface area (TPSA) is 43.7 Å². The third kappa shape index (κ3) is 4.57. The SMILES string of the molecule is COCCN1CCN(c2ccc3ccc(C(=O)N4CCCN(C)CC4)cn23)CC1. The van der Waals surface area contributed by atoms with Gasteiger partial charge in [0.1, 0.15) is 5.82 Å². The van der Waals surface area contributed by atoms with Gasteiger partial charge in [-0.05, 0) is 44.3 Å². The Balaban J connectivity index is 1.49. The lowest BCUT2D eigenvalue weighted by Gasteiger charge is -2.35. The van der Waals surface area contributed by atoms with Crippen molar-refractivity contribution in [3.05, 3.63) is 36.0 Å². The summed E-state index contributed by atoms with van der Waals surface area (Å²) in [6, 6.07) is 8.35. The van der Waals surface area contributed by atoms with E-state index in [0.717, 1.165) is 83.0 Å². The quantitative estimate of drug-likeness (QED) is 0.762. The van der Waals surface area contributed by atoms with Crippen LogP contribution in [0.1, 0.15) is 16.8 Å². The van der Waals surface area contributed by atoms with Gasteiger partial charge in [0.2, 0.25) is 0 Å². The molecule has 2 aromatic rings. The van der Waals surface area contributed by atoms with Crippen molar-refractivity contribution in [2.75, 3.05) is 84.6 Å². The third-order valence-corrected chi connectivity index (χ3v) is 6.19. The summed E-state index contributed by atoms with van der Waals surface area (Å²) in [5.74, 6) is 1.32. The third-order valence-electron chi connectivity index (χ3n) is 6.19. The Bertz CT molecular complexity index is 828. The first-order valence-electron chi connectivity index (χ1n) is 10.7. The van der Waals surface area contributed by atoms with Gasteiger partial charge in [0.25, 0.3) is 5.91 Å². The van der Waals surface area contributed by atoms with Crippen molar-refractivity contribution in [2.24, 2.45) is 0 Å². The number of hydrogen-bond acceptors (Lipinski definition) is 5. The lowest BCUT2D eigenvalue weighted by molar-refractivity contribution is 0.0762. The maximum absolute atomic E-state index is 13.1. The molecule has 0 radical (unpaired) electrons. The molecule has 0 spiro atoms. The highest BCUT2D eigenvalue weighted by atomic mass is 16.5. The van der Waals surface area contributed by atoms with Crippen LogP contribution in [0.2, 0.25) is 0 Å². The van der Waals surface area contributed by atoms with Gasteiger partial charge in [0.15, 0.2) is 0 Å². The van der Waals surface area contributed by atoms with Crippen LogP contribution in [-0.4, -0.2) is 105 Å². The standard InChI is InChI=1S/C22H33N5O2/c1-23-8-3-9-26(13-10-23)22(28)19-4-5-20-6-7-21(27(20)18-19)25-14-11-24(12-15-25)16-17-29-2/h4-7,18H,3,8-17H2,1-2H3. The Morgan fingerprint density at radius 1 is 0.966 bits per heavy atom. The molecule has 2 saturated heterocycles. The summed E-state index contributed by atoms with van der Waals surface area (Å²) in [5, 5.41) is 0. The van der Waals surface area contributed by atoms with Gasteiger partial charge >= 0.3 is 0 Å². The van der Waals surface area contributed by atoms with Crippen molar-refractivity contribution in [3.8, 4) is 0 Å². The zero-order chi connectivity index (χ0) is 20.2. The molecule has 2 aliphatic rings. The molecule has 1 amide bonds. The van der Waals surface area contributed by atoms with Crippen LogP contribution >= 0.6 is 0 Å². The van der Waals surface area contributed by atoms with E-state index in [9.17, 15) is 4.79 Å². The number of carbonyl (C=O) groups excluding carboxylic acids is 1. The first-order chi connectivity index (χ1) is 14.2. The highest BCUT2D eigenvalue weighted by Crippen LogP contribution is 2.22.